The Labute approximate surface area is 209 Å². The zero-order valence-corrected chi connectivity index (χ0v) is 19.6. The fourth-order valence-electron chi connectivity index (χ4n) is 3.89. The van der Waals surface area contributed by atoms with Gasteiger partial charge in [-0.2, -0.15) is 0 Å². The summed E-state index contributed by atoms with van der Waals surface area (Å²) in [6.07, 6.45) is 3.09. The topological polar surface area (TPSA) is 137 Å². The molecule has 2 aromatic heterocycles. The van der Waals surface area contributed by atoms with Gasteiger partial charge in [0.1, 0.15) is 29.1 Å². The molecular weight excluding hydrogens is 484 g/mol. The Morgan fingerprint density at radius 3 is 2.68 bits per heavy atom. The van der Waals surface area contributed by atoms with E-state index < -0.39 is 17.6 Å². The van der Waals surface area contributed by atoms with Crippen molar-refractivity contribution in [1.82, 2.24) is 25.1 Å². The fourth-order valence-corrected chi connectivity index (χ4v) is 3.89. The highest BCUT2D eigenvalue weighted by atomic mass is 19.1. The summed E-state index contributed by atoms with van der Waals surface area (Å²) < 4.78 is 35.1. The standard InChI is InChI=1S/C25H21F2N7O3/c1-12(26)24(35)32-15-6-8-16(18(27)10-15)21-20(22-23(28)29-11-30-34(22)33-21)13-3-7-17(19(9-13)37-2)25(36)31-14-4-5-14/h3,6-11,14H,1,4-5H2,2H3,(H,31,36)(H,32,35)(H2,28,29,30). The number of amides is 2. The van der Waals surface area contributed by atoms with Gasteiger partial charge in [0.2, 0.25) is 0 Å². The molecule has 2 amide bonds. The largest absolute Gasteiger partial charge is 0.496 e. The van der Waals surface area contributed by atoms with Crippen LogP contribution < -0.4 is 21.1 Å². The zero-order valence-electron chi connectivity index (χ0n) is 19.6. The van der Waals surface area contributed by atoms with Crippen LogP contribution >= 0.6 is 0 Å². The van der Waals surface area contributed by atoms with Gasteiger partial charge in [0.05, 0.1) is 12.7 Å². The summed E-state index contributed by atoms with van der Waals surface area (Å²) >= 11 is 0. The lowest BCUT2D eigenvalue weighted by Crippen LogP contribution is -2.25. The lowest BCUT2D eigenvalue weighted by Gasteiger charge is -2.12. The maximum absolute atomic E-state index is 15.3. The molecule has 1 aliphatic carbocycles. The molecule has 0 radical (unpaired) electrons. The summed E-state index contributed by atoms with van der Waals surface area (Å²) in [7, 11) is 1.44. The van der Waals surface area contributed by atoms with Gasteiger partial charge < -0.3 is 21.1 Å². The summed E-state index contributed by atoms with van der Waals surface area (Å²) in [5.74, 6) is -2.88. The van der Waals surface area contributed by atoms with Crippen LogP contribution in [0.15, 0.2) is 55.1 Å². The average molecular weight is 505 g/mol. The smallest absolute Gasteiger partial charge is 0.283 e. The zero-order chi connectivity index (χ0) is 26.3. The number of anilines is 2. The number of hydrogen-bond donors (Lipinski definition) is 3. The highest BCUT2D eigenvalue weighted by Crippen LogP contribution is 2.40. The van der Waals surface area contributed by atoms with E-state index in [0.717, 1.165) is 18.9 Å². The molecule has 1 saturated carbocycles. The van der Waals surface area contributed by atoms with E-state index in [4.69, 9.17) is 10.5 Å². The number of halogens is 2. The van der Waals surface area contributed by atoms with E-state index in [9.17, 15) is 14.0 Å². The molecule has 4 aromatic rings. The molecule has 10 nitrogen and oxygen atoms in total. The Hall–Kier alpha value is -4.87. The minimum Gasteiger partial charge on any atom is -0.496 e. The molecule has 188 valence electrons. The van der Waals surface area contributed by atoms with E-state index in [0.29, 0.717) is 28.0 Å². The van der Waals surface area contributed by atoms with Gasteiger partial charge in [0, 0.05) is 22.9 Å². The number of nitrogens with one attached hydrogen (secondary N) is 2. The molecule has 1 aliphatic rings. The van der Waals surface area contributed by atoms with Gasteiger partial charge in [-0.05, 0) is 48.7 Å². The number of nitrogen functional groups attached to an aromatic ring is 1. The fraction of sp³-hybridized carbons (Fsp3) is 0.160. The van der Waals surface area contributed by atoms with Crippen LogP contribution in [0.3, 0.4) is 0 Å². The quantitative estimate of drug-likeness (QED) is 0.327. The van der Waals surface area contributed by atoms with Gasteiger partial charge in [0.25, 0.3) is 11.8 Å². The summed E-state index contributed by atoms with van der Waals surface area (Å²) in [6, 6.07) is 8.90. The van der Waals surface area contributed by atoms with Gasteiger partial charge >= 0.3 is 0 Å². The second-order valence-electron chi connectivity index (χ2n) is 8.42. The van der Waals surface area contributed by atoms with Gasteiger partial charge in [0.15, 0.2) is 11.6 Å². The van der Waals surface area contributed by atoms with Crippen molar-refractivity contribution in [1.29, 1.82) is 0 Å². The van der Waals surface area contributed by atoms with Crippen LogP contribution in [0.25, 0.3) is 27.9 Å². The van der Waals surface area contributed by atoms with E-state index in [-0.39, 0.29) is 34.7 Å². The molecule has 0 unspecified atom stereocenters. The number of benzene rings is 2. The molecule has 0 atom stereocenters. The number of nitrogens with two attached hydrogens (primary N) is 1. The molecule has 0 saturated heterocycles. The Bertz CT molecular complexity index is 1580. The number of carbonyl (C=O) groups is 2. The molecule has 0 bridgehead atoms. The minimum absolute atomic E-state index is 0.0300. The van der Waals surface area contributed by atoms with Crippen molar-refractivity contribution in [3.8, 4) is 28.1 Å². The van der Waals surface area contributed by atoms with Crippen LogP contribution in [-0.4, -0.2) is 44.8 Å². The third-order valence-electron chi connectivity index (χ3n) is 5.84. The average Bonchev–Trinajstić information content (AvgIpc) is 3.60. The molecule has 12 heteroatoms. The third-order valence-corrected chi connectivity index (χ3v) is 5.84. The van der Waals surface area contributed by atoms with Crippen LogP contribution in [0, 0.1) is 5.82 Å². The predicted molar refractivity (Wildman–Crippen MR) is 132 cm³/mol. The maximum atomic E-state index is 15.3. The molecule has 0 aliphatic heterocycles. The summed E-state index contributed by atoms with van der Waals surface area (Å²) in [4.78, 5) is 28.3. The molecule has 0 spiro atoms. The molecule has 2 heterocycles. The van der Waals surface area contributed by atoms with E-state index in [1.54, 1.807) is 18.2 Å². The van der Waals surface area contributed by atoms with Crippen molar-refractivity contribution in [3.05, 3.63) is 66.5 Å². The van der Waals surface area contributed by atoms with Crippen molar-refractivity contribution in [2.45, 2.75) is 18.9 Å². The molecule has 1 fully saturated rings. The van der Waals surface area contributed by atoms with Gasteiger partial charge in [-0.25, -0.2) is 13.8 Å². The van der Waals surface area contributed by atoms with Crippen molar-refractivity contribution in [2.24, 2.45) is 0 Å². The first-order chi connectivity index (χ1) is 17.8. The predicted octanol–water partition coefficient (Wildman–Crippen LogP) is 3.50. The molecular formula is C25H21F2N7O3. The van der Waals surface area contributed by atoms with Crippen molar-refractivity contribution in [2.75, 3.05) is 18.2 Å². The number of aromatic nitrogens is 4. The van der Waals surface area contributed by atoms with Gasteiger partial charge in [-0.15, -0.1) is 14.8 Å². The van der Waals surface area contributed by atoms with Crippen LogP contribution in [0.1, 0.15) is 23.2 Å². The highest BCUT2D eigenvalue weighted by molar-refractivity contribution is 6.02. The molecule has 37 heavy (non-hydrogen) atoms. The SMILES string of the molecule is C=C(F)C(=O)Nc1ccc(-c2nn3ncnc(N)c3c2-c2ccc(C(=O)NC3CC3)c(OC)c2)c(F)c1. The highest BCUT2D eigenvalue weighted by Gasteiger charge is 2.27. The number of carbonyl (C=O) groups excluding carboxylic acids is 2. The lowest BCUT2D eigenvalue weighted by atomic mass is 9.97. The lowest BCUT2D eigenvalue weighted by molar-refractivity contribution is -0.114. The van der Waals surface area contributed by atoms with E-state index in [1.807, 2.05) is 0 Å². The maximum Gasteiger partial charge on any atom is 0.283 e. The Kier molecular flexibility index (Phi) is 5.99. The number of fused-ring (bicyclic) bond motifs is 1. The molecule has 4 N–H and O–H groups in total. The van der Waals surface area contributed by atoms with Crippen LogP contribution in [0.2, 0.25) is 0 Å². The van der Waals surface area contributed by atoms with Crippen molar-refractivity contribution in [3.63, 3.8) is 0 Å². The van der Waals surface area contributed by atoms with Gasteiger partial charge in [-0.1, -0.05) is 12.6 Å². The number of rotatable bonds is 7. The first-order valence-electron chi connectivity index (χ1n) is 11.2. The van der Waals surface area contributed by atoms with Crippen molar-refractivity contribution < 1.29 is 23.1 Å². The third kappa shape index (κ3) is 4.56. The Morgan fingerprint density at radius 1 is 1.22 bits per heavy atom. The monoisotopic (exact) mass is 505 g/mol. The Balaban J connectivity index is 1.64. The van der Waals surface area contributed by atoms with Crippen LogP contribution in [-0.2, 0) is 4.79 Å². The Morgan fingerprint density at radius 2 is 2.00 bits per heavy atom. The molecule has 2 aromatic carbocycles. The van der Waals surface area contributed by atoms with Crippen molar-refractivity contribution >= 4 is 28.8 Å². The number of hydrogen-bond acceptors (Lipinski definition) is 7. The number of methoxy groups -OCH3 is 1. The van der Waals surface area contributed by atoms with Crippen LogP contribution in [0.4, 0.5) is 20.3 Å². The van der Waals surface area contributed by atoms with Gasteiger partial charge in [-0.3, -0.25) is 9.59 Å². The number of nitrogens with zero attached hydrogens (tertiary/aromatic N) is 4. The van der Waals surface area contributed by atoms with E-state index in [1.165, 1.54) is 30.2 Å². The molecule has 5 rings (SSSR count). The second kappa shape index (κ2) is 9.30. The van der Waals surface area contributed by atoms with Crippen LogP contribution in [0.5, 0.6) is 5.75 Å². The first-order valence-corrected chi connectivity index (χ1v) is 11.2. The minimum atomic E-state index is -1.20. The summed E-state index contributed by atoms with van der Waals surface area (Å²) in [5, 5.41) is 13.7. The van der Waals surface area contributed by atoms with E-state index in [2.05, 4.69) is 32.4 Å². The normalized spacial score (nSPS) is 12.8. The van der Waals surface area contributed by atoms with E-state index >= 15 is 4.39 Å². The summed E-state index contributed by atoms with van der Waals surface area (Å²) in [6.45, 7) is 2.92. The first kappa shape index (κ1) is 23.9. The second-order valence-corrected chi connectivity index (χ2v) is 8.42. The number of ether oxygens (including phenoxy) is 1. The summed E-state index contributed by atoms with van der Waals surface area (Å²) in [5.41, 5.74) is 8.01.